The quantitative estimate of drug-likeness (QED) is 0.722. The van der Waals surface area contributed by atoms with E-state index in [0.717, 1.165) is 28.1 Å². The lowest BCUT2D eigenvalue weighted by Crippen LogP contribution is -2.25. The molecule has 1 amide bonds. The number of aromatic nitrogens is 3. The summed E-state index contributed by atoms with van der Waals surface area (Å²) in [5, 5.41) is 3.05. The Morgan fingerprint density at radius 1 is 1.29 bits per heavy atom. The molecule has 0 spiro atoms. The van der Waals surface area contributed by atoms with Crippen molar-refractivity contribution in [2.24, 2.45) is 0 Å². The summed E-state index contributed by atoms with van der Waals surface area (Å²) >= 11 is 1.57. The molecule has 3 aromatic rings. The van der Waals surface area contributed by atoms with E-state index in [1.807, 2.05) is 43.3 Å². The third-order valence-corrected chi connectivity index (χ3v) is 4.98. The highest BCUT2D eigenvalue weighted by molar-refractivity contribution is 8.00. The second-order valence-corrected chi connectivity index (χ2v) is 6.97. The number of nitrogens with zero attached hydrogens (tertiary/aromatic N) is 2. The molecule has 0 aliphatic heterocycles. The number of H-pyrrole nitrogens is 1. The highest BCUT2D eigenvalue weighted by Crippen LogP contribution is 2.27. The number of aryl methyl sites for hydroxylation is 1. The molecule has 0 radical (unpaired) electrons. The number of fused-ring (bicyclic) bond motifs is 1. The Morgan fingerprint density at radius 2 is 2.12 bits per heavy atom. The van der Waals surface area contributed by atoms with Crippen molar-refractivity contribution in [3.63, 3.8) is 0 Å². The van der Waals surface area contributed by atoms with E-state index in [0.29, 0.717) is 12.3 Å². The van der Waals surface area contributed by atoms with Crippen LogP contribution < -0.4 is 5.32 Å². The van der Waals surface area contributed by atoms with Gasteiger partial charge in [0.05, 0.1) is 34.3 Å². The Hall–Kier alpha value is -2.34. The van der Waals surface area contributed by atoms with Gasteiger partial charge in [-0.15, -0.1) is 11.8 Å². The molecule has 2 heterocycles. The Balaban J connectivity index is 1.51. The number of pyridine rings is 1. The number of para-hydroxylation sites is 2. The monoisotopic (exact) mass is 340 g/mol. The second-order valence-electron chi connectivity index (χ2n) is 5.64. The van der Waals surface area contributed by atoms with Crippen LogP contribution in [0.2, 0.25) is 0 Å². The van der Waals surface area contributed by atoms with E-state index in [1.165, 1.54) is 0 Å². The Bertz CT molecular complexity index is 813. The predicted octanol–water partition coefficient (Wildman–Crippen LogP) is 3.38. The first-order valence-corrected chi connectivity index (χ1v) is 8.92. The fraction of sp³-hybridized carbons (Fsp3) is 0.278. The summed E-state index contributed by atoms with van der Waals surface area (Å²) in [7, 11) is 0. The van der Waals surface area contributed by atoms with Crippen LogP contribution in [0.15, 0.2) is 42.6 Å². The normalized spacial score (nSPS) is 12.2. The third kappa shape index (κ3) is 3.94. The molecule has 3 rings (SSSR count). The summed E-state index contributed by atoms with van der Waals surface area (Å²) in [6.45, 7) is 4.51. The van der Waals surface area contributed by atoms with Crippen LogP contribution in [0.1, 0.15) is 29.3 Å². The fourth-order valence-corrected chi connectivity index (χ4v) is 3.15. The molecule has 2 aromatic heterocycles. The molecule has 0 aliphatic rings. The lowest BCUT2D eigenvalue weighted by Gasteiger charge is -2.09. The first kappa shape index (κ1) is 16.5. The smallest absolute Gasteiger partial charge is 0.230 e. The number of carbonyl (C=O) groups excluding carboxylic acids is 1. The lowest BCUT2D eigenvalue weighted by atomic mass is 10.2. The van der Waals surface area contributed by atoms with Crippen LogP contribution in [0.5, 0.6) is 0 Å². The van der Waals surface area contributed by atoms with Gasteiger partial charge in [-0.3, -0.25) is 9.78 Å². The van der Waals surface area contributed by atoms with Crippen molar-refractivity contribution < 1.29 is 4.79 Å². The van der Waals surface area contributed by atoms with Gasteiger partial charge >= 0.3 is 0 Å². The summed E-state index contributed by atoms with van der Waals surface area (Å²) in [5.74, 6) is 1.30. The van der Waals surface area contributed by atoms with Crippen LogP contribution in [0.25, 0.3) is 11.0 Å². The van der Waals surface area contributed by atoms with Gasteiger partial charge in [-0.25, -0.2) is 4.98 Å². The molecule has 1 aromatic carbocycles. The molecule has 5 nitrogen and oxygen atoms in total. The van der Waals surface area contributed by atoms with Crippen LogP contribution >= 0.6 is 11.8 Å². The van der Waals surface area contributed by atoms with E-state index in [4.69, 9.17) is 0 Å². The van der Waals surface area contributed by atoms with Gasteiger partial charge in [0, 0.05) is 6.20 Å². The molecule has 124 valence electrons. The zero-order valence-corrected chi connectivity index (χ0v) is 14.6. The molecule has 1 unspecified atom stereocenters. The number of imidazole rings is 1. The zero-order chi connectivity index (χ0) is 16.9. The highest BCUT2D eigenvalue weighted by atomic mass is 32.2. The minimum atomic E-state index is 0.00742. The van der Waals surface area contributed by atoms with Gasteiger partial charge in [0.15, 0.2) is 0 Å². The summed E-state index contributed by atoms with van der Waals surface area (Å²) in [4.78, 5) is 24.2. The van der Waals surface area contributed by atoms with Crippen molar-refractivity contribution in [2.75, 3.05) is 5.75 Å². The number of carbonyl (C=O) groups is 1. The van der Waals surface area contributed by atoms with Crippen LogP contribution in [-0.2, 0) is 11.3 Å². The van der Waals surface area contributed by atoms with Gasteiger partial charge in [-0.05, 0) is 37.6 Å². The minimum Gasteiger partial charge on any atom is -0.350 e. The summed E-state index contributed by atoms with van der Waals surface area (Å²) in [6, 6.07) is 11.8. The Morgan fingerprint density at radius 3 is 2.92 bits per heavy atom. The Labute approximate surface area is 145 Å². The maximum atomic E-state index is 12.0. The van der Waals surface area contributed by atoms with Crippen LogP contribution in [0, 0.1) is 6.92 Å². The maximum absolute atomic E-state index is 12.0. The maximum Gasteiger partial charge on any atom is 0.230 e. The topological polar surface area (TPSA) is 70.7 Å². The van der Waals surface area contributed by atoms with Crippen molar-refractivity contribution in [1.82, 2.24) is 20.3 Å². The zero-order valence-electron chi connectivity index (χ0n) is 13.7. The summed E-state index contributed by atoms with van der Waals surface area (Å²) < 4.78 is 0. The Kier molecular flexibility index (Phi) is 5.15. The molecule has 0 saturated heterocycles. The molecule has 0 fully saturated rings. The average molecular weight is 340 g/mol. The molecule has 24 heavy (non-hydrogen) atoms. The van der Waals surface area contributed by atoms with E-state index in [2.05, 4.69) is 27.2 Å². The van der Waals surface area contributed by atoms with Gasteiger partial charge in [0.25, 0.3) is 0 Å². The minimum absolute atomic E-state index is 0.00742. The van der Waals surface area contributed by atoms with Crippen molar-refractivity contribution in [1.29, 1.82) is 0 Å². The number of aromatic amines is 1. The lowest BCUT2D eigenvalue weighted by molar-refractivity contribution is -0.118. The van der Waals surface area contributed by atoms with Crippen molar-refractivity contribution in [2.45, 2.75) is 25.6 Å². The molecule has 0 aliphatic carbocycles. The second kappa shape index (κ2) is 7.49. The number of hydrogen-bond acceptors (Lipinski definition) is 4. The largest absolute Gasteiger partial charge is 0.350 e. The number of nitrogens with one attached hydrogen (secondary N) is 2. The summed E-state index contributed by atoms with van der Waals surface area (Å²) in [6.07, 6.45) is 1.74. The standard InChI is InChI=1S/C18H20N4OS/c1-12-6-5-9-19-16(12)10-20-17(23)11-24-13(2)18-21-14-7-3-4-8-15(14)22-18/h3-9,13H,10-11H2,1-2H3,(H,20,23)(H,21,22). The molecule has 0 saturated carbocycles. The van der Waals surface area contributed by atoms with E-state index < -0.39 is 0 Å². The van der Waals surface area contributed by atoms with Gasteiger partial charge in [-0.1, -0.05) is 18.2 Å². The number of rotatable bonds is 6. The van der Waals surface area contributed by atoms with Crippen molar-refractivity contribution in [3.05, 3.63) is 59.7 Å². The van der Waals surface area contributed by atoms with Crippen molar-refractivity contribution in [3.8, 4) is 0 Å². The fourth-order valence-electron chi connectivity index (χ4n) is 2.38. The third-order valence-electron chi connectivity index (χ3n) is 3.83. The number of amides is 1. The van der Waals surface area contributed by atoms with Gasteiger partial charge in [-0.2, -0.15) is 0 Å². The summed E-state index contributed by atoms with van der Waals surface area (Å²) in [5.41, 5.74) is 3.97. The van der Waals surface area contributed by atoms with Gasteiger partial charge in [0.1, 0.15) is 5.82 Å². The number of benzene rings is 1. The first-order valence-electron chi connectivity index (χ1n) is 7.87. The van der Waals surface area contributed by atoms with Crippen LogP contribution in [-0.4, -0.2) is 26.6 Å². The molecule has 1 atom stereocenters. The van der Waals surface area contributed by atoms with E-state index >= 15 is 0 Å². The van der Waals surface area contributed by atoms with Crippen LogP contribution in [0.3, 0.4) is 0 Å². The average Bonchev–Trinajstić information content (AvgIpc) is 3.03. The predicted molar refractivity (Wildman–Crippen MR) is 97.8 cm³/mol. The van der Waals surface area contributed by atoms with E-state index in [1.54, 1.807) is 18.0 Å². The molecule has 2 N–H and O–H groups in total. The molecular formula is C18H20N4OS. The number of hydrogen-bond donors (Lipinski definition) is 2. The highest BCUT2D eigenvalue weighted by Gasteiger charge is 2.13. The molecule has 6 heteroatoms. The molecular weight excluding hydrogens is 320 g/mol. The van der Waals surface area contributed by atoms with E-state index in [9.17, 15) is 4.79 Å². The van der Waals surface area contributed by atoms with Gasteiger partial charge < -0.3 is 10.3 Å². The van der Waals surface area contributed by atoms with Crippen molar-refractivity contribution >= 4 is 28.7 Å². The first-order chi connectivity index (χ1) is 11.6. The van der Waals surface area contributed by atoms with E-state index in [-0.39, 0.29) is 11.2 Å². The van der Waals surface area contributed by atoms with Gasteiger partial charge in [0.2, 0.25) is 5.91 Å². The molecule has 0 bridgehead atoms. The SMILES string of the molecule is Cc1cccnc1CNC(=O)CSC(C)c1nc2ccccc2[nH]1. The number of thioether (sulfide) groups is 1. The van der Waals surface area contributed by atoms with Crippen LogP contribution in [0.4, 0.5) is 0 Å².